The second-order valence-electron chi connectivity index (χ2n) is 6.84. The summed E-state index contributed by atoms with van der Waals surface area (Å²) in [5, 5.41) is 14.3. The van der Waals surface area contributed by atoms with E-state index in [-0.39, 0.29) is 17.0 Å². The van der Waals surface area contributed by atoms with Gasteiger partial charge in [-0.05, 0) is 38.2 Å². The molecule has 28 heavy (non-hydrogen) atoms. The molecule has 1 fully saturated rings. The first-order valence-corrected chi connectivity index (χ1v) is 8.99. The SMILES string of the molecule is CC(=O)c1cccc(NC(=O)c2ccc(N3CCN(C)CC3)c([N+](=O)[O-])c2)c1. The topological polar surface area (TPSA) is 95.8 Å². The molecule has 0 saturated carbocycles. The Morgan fingerprint density at radius 1 is 1.04 bits per heavy atom. The third kappa shape index (κ3) is 4.34. The predicted octanol–water partition coefficient (Wildman–Crippen LogP) is 2.80. The van der Waals surface area contributed by atoms with Crippen molar-refractivity contribution in [2.45, 2.75) is 6.92 Å². The van der Waals surface area contributed by atoms with Crippen LogP contribution < -0.4 is 10.2 Å². The molecule has 8 nitrogen and oxygen atoms in total. The molecule has 1 heterocycles. The molecular weight excluding hydrogens is 360 g/mol. The minimum atomic E-state index is -0.464. The third-order valence-electron chi connectivity index (χ3n) is 4.81. The molecule has 0 atom stereocenters. The molecule has 1 aliphatic heterocycles. The Kier molecular flexibility index (Phi) is 5.70. The molecule has 1 N–H and O–H groups in total. The summed E-state index contributed by atoms with van der Waals surface area (Å²) in [6.45, 7) is 4.49. The molecule has 0 unspecified atom stereocenters. The van der Waals surface area contributed by atoms with E-state index in [1.54, 1.807) is 36.4 Å². The average Bonchev–Trinajstić information content (AvgIpc) is 2.68. The fourth-order valence-electron chi connectivity index (χ4n) is 3.14. The molecule has 1 aliphatic rings. The van der Waals surface area contributed by atoms with Crippen LogP contribution in [0.1, 0.15) is 27.6 Å². The smallest absolute Gasteiger partial charge is 0.293 e. The molecular formula is C20H22N4O4. The molecule has 1 saturated heterocycles. The van der Waals surface area contributed by atoms with E-state index in [1.165, 1.54) is 13.0 Å². The number of hydrogen-bond acceptors (Lipinski definition) is 6. The summed E-state index contributed by atoms with van der Waals surface area (Å²) in [7, 11) is 2.01. The highest BCUT2D eigenvalue weighted by Gasteiger charge is 2.24. The highest BCUT2D eigenvalue weighted by atomic mass is 16.6. The van der Waals surface area contributed by atoms with Crippen molar-refractivity contribution in [2.75, 3.05) is 43.4 Å². The number of nitrogens with one attached hydrogen (secondary N) is 1. The first-order chi connectivity index (χ1) is 13.3. The number of nitro groups is 1. The van der Waals surface area contributed by atoms with E-state index < -0.39 is 10.8 Å². The Labute approximate surface area is 162 Å². The number of hydrogen-bond donors (Lipinski definition) is 1. The van der Waals surface area contributed by atoms with Crippen LogP contribution in [-0.2, 0) is 0 Å². The first-order valence-electron chi connectivity index (χ1n) is 8.99. The average molecular weight is 382 g/mol. The standard InChI is InChI=1S/C20H22N4O4/c1-14(25)15-4-3-5-17(12-15)21-20(26)16-6-7-18(19(13-16)24(27)28)23-10-8-22(2)9-11-23/h3-7,12-13H,8-11H2,1-2H3,(H,21,26). The summed E-state index contributed by atoms with van der Waals surface area (Å²) in [5.74, 6) is -0.572. The highest BCUT2D eigenvalue weighted by molar-refractivity contribution is 6.06. The van der Waals surface area contributed by atoms with Crippen LogP contribution in [0, 0.1) is 10.1 Å². The lowest BCUT2D eigenvalue weighted by Gasteiger charge is -2.33. The molecule has 0 aliphatic carbocycles. The number of rotatable bonds is 5. The van der Waals surface area contributed by atoms with E-state index in [1.807, 2.05) is 11.9 Å². The number of nitro benzene ring substituents is 1. The number of amides is 1. The van der Waals surface area contributed by atoms with E-state index in [2.05, 4.69) is 10.2 Å². The monoisotopic (exact) mass is 382 g/mol. The molecule has 2 aromatic rings. The van der Waals surface area contributed by atoms with Gasteiger partial charge in [0, 0.05) is 49.1 Å². The van der Waals surface area contributed by atoms with Crippen molar-refractivity contribution in [2.24, 2.45) is 0 Å². The molecule has 146 valence electrons. The maximum atomic E-state index is 12.6. The minimum absolute atomic E-state index is 0.0883. The van der Waals surface area contributed by atoms with Gasteiger partial charge in [-0.2, -0.15) is 0 Å². The minimum Gasteiger partial charge on any atom is -0.363 e. The van der Waals surface area contributed by atoms with E-state index in [4.69, 9.17) is 0 Å². The number of anilines is 2. The Morgan fingerprint density at radius 2 is 1.75 bits per heavy atom. The van der Waals surface area contributed by atoms with Gasteiger partial charge < -0.3 is 15.1 Å². The van der Waals surface area contributed by atoms with Crippen LogP contribution in [0.15, 0.2) is 42.5 Å². The summed E-state index contributed by atoms with van der Waals surface area (Å²) in [4.78, 5) is 39.3. The van der Waals surface area contributed by atoms with E-state index in [0.29, 0.717) is 30.0 Å². The number of piperazine rings is 1. The van der Waals surface area contributed by atoms with Crippen LogP contribution in [0.4, 0.5) is 17.1 Å². The second-order valence-corrected chi connectivity index (χ2v) is 6.84. The van der Waals surface area contributed by atoms with Crippen molar-refractivity contribution < 1.29 is 14.5 Å². The van der Waals surface area contributed by atoms with Crippen LogP contribution in [0.25, 0.3) is 0 Å². The van der Waals surface area contributed by atoms with Crippen molar-refractivity contribution in [3.8, 4) is 0 Å². The molecule has 0 bridgehead atoms. The molecule has 0 aromatic heterocycles. The van der Waals surface area contributed by atoms with Gasteiger partial charge in [0.2, 0.25) is 0 Å². The van der Waals surface area contributed by atoms with Gasteiger partial charge in [0.1, 0.15) is 5.69 Å². The molecule has 3 rings (SSSR count). The lowest BCUT2D eigenvalue weighted by atomic mass is 10.1. The van der Waals surface area contributed by atoms with Crippen molar-refractivity contribution in [3.05, 3.63) is 63.7 Å². The molecule has 0 spiro atoms. The van der Waals surface area contributed by atoms with Gasteiger partial charge in [0.15, 0.2) is 5.78 Å². The first kappa shape index (κ1) is 19.5. The van der Waals surface area contributed by atoms with Gasteiger partial charge in [0.25, 0.3) is 11.6 Å². The molecule has 2 aromatic carbocycles. The predicted molar refractivity (Wildman–Crippen MR) is 107 cm³/mol. The van der Waals surface area contributed by atoms with Crippen LogP contribution in [-0.4, -0.2) is 54.7 Å². The Morgan fingerprint density at radius 3 is 2.39 bits per heavy atom. The van der Waals surface area contributed by atoms with E-state index in [0.717, 1.165) is 13.1 Å². The van der Waals surface area contributed by atoms with Crippen LogP contribution in [0.5, 0.6) is 0 Å². The zero-order valence-electron chi connectivity index (χ0n) is 15.8. The lowest BCUT2D eigenvalue weighted by molar-refractivity contribution is -0.384. The zero-order valence-corrected chi connectivity index (χ0v) is 15.8. The highest BCUT2D eigenvalue weighted by Crippen LogP contribution is 2.30. The Bertz CT molecular complexity index is 920. The number of carbonyl (C=O) groups excluding carboxylic acids is 2. The Balaban J connectivity index is 1.83. The van der Waals surface area contributed by atoms with Crippen molar-refractivity contribution in [1.29, 1.82) is 0 Å². The zero-order chi connectivity index (χ0) is 20.3. The maximum absolute atomic E-state index is 12.6. The fraction of sp³-hybridized carbons (Fsp3) is 0.300. The number of benzene rings is 2. The van der Waals surface area contributed by atoms with Gasteiger partial charge in [0.05, 0.1) is 4.92 Å². The quantitative estimate of drug-likeness (QED) is 0.485. The summed E-state index contributed by atoms with van der Waals surface area (Å²) < 4.78 is 0. The number of ketones is 1. The van der Waals surface area contributed by atoms with Crippen molar-refractivity contribution >= 4 is 28.8 Å². The van der Waals surface area contributed by atoms with Crippen LogP contribution in [0.3, 0.4) is 0 Å². The molecule has 0 radical (unpaired) electrons. The lowest BCUT2D eigenvalue weighted by Crippen LogP contribution is -2.44. The number of nitrogens with zero attached hydrogens (tertiary/aromatic N) is 3. The number of likely N-dealkylation sites (N-methyl/N-ethyl adjacent to an activating group) is 1. The van der Waals surface area contributed by atoms with Gasteiger partial charge >= 0.3 is 0 Å². The van der Waals surface area contributed by atoms with Crippen LogP contribution >= 0.6 is 0 Å². The van der Waals surface area contributed by atoms with Crippen LogP contribution in [0.2, 0.25) is 0 Å². The van der Waals surface area contributed by atoms with Gasteiger partial charge in [-0.25, -0.2) is 0 Å². The van der Waals surface area contributed by atoms with Gasteiger partial charge in [-0.3, -0.25) is 19.7 Å². The van der Waals surface area contributed by atoms with Crippen molar-refractivity contribution in [3.63, 3.8) is 0 Å². The third-order valence-corrected chi connectivity index (χ3v) is 4.81. The normalized spacial score (nSPS) is 14.6. The summed E-state index contributed by atoms with van der Waals surface area (Å²) in [6, 6.07) is 11.1. The molecule has 1 amide bonds. The fourth-order valence-corrected chi connectivity index (χ4v) is 3.14. The van der Waals surface area contributed by atoms with Crippen molar-refractivity contribution in [1.82, 2.24) is 4.90 Å². The van der Waals surface area contributed by atoms with Gasteiger partial charge in [-0.1, -0.05) is 12.1 Å². The second kappa shape index (κ2) is 8.18. The molecule has 8 heteroatoms. The maximum Gasteiger partial charge on any atom is 0.293 e. The summed E-state index contributed by atoms with van der Waals surface area (Å²) in [6.07, 6.45) is 0. The Hall–Kier alpha value is -3.26. The van der Waals surface area contributed by atoms with Gasteiger partial charge in [-0.15, -0.1) is 0 Å². The summed E-state index contributed by atoms with van der Waals surface area (Å²) in [5.41, 5.74) is 1.57. The number of carbonyl (C=O) groups is 2. The summed E-state index contributed by atoms with van der Waals surface area (Å²) >= 11 is 0. The van der Waals surface area contributed by atoms with E-state index >= 15 is 0 Å². The largest absolute Gasteiger partial charge is 0.363 e. The number of Topliss-reactive ketones (excluding diaryl/α,β-unsaturated/α-hetero) is 1. The van der Waals surface area contributed by atoms with E-state index in [9.17, 15) is 19.7 Å².